The van der Waals surface area contributed by atoms with Gasteiger partial charge in [-0.1, -0.05) is 30.3 Å². The maximum absolute atomic E-state index is 13.7. The average molecular weight is 461 g/mol. The SMILES string of the molecule is COc1nc(N2C[C@@H](O)[C@@]3(C2)[C@H](CN(C)CC(N)=O)[C@H]3c2ccccc2)ncc1F.O=CO. The highest BCUT2D eigenvalue weighted by Gasteiger charge is 2.71. The van der Waals surface area contributed by atoms with Crippen molar-refractivity contribution in [1.29, 1.82) is 0 Å². The monoisotopic (exact) mass is 461 g/mol. The lowest BCUT2D eigenvalue weighted by molar-refractivity contribution is -0.123. The lowest BCUT2D eigenvalue weighted by atomic mass is 9.95. The molecule has 1 saturated carbocycles. The zero-order valence-corrected chi connectivity index (χ0v) is 18.5. The number of benzene rings is 1. The fraction of sp³-hybridized carbons (Fsp3) is 0.455. The van der Waals surface area contributed by atoms with Gasteiger partial charge < -0.3 is 25.6 Å². The molecule has 1 spiro atoms. The first-order valence-corrected chi connectivity index (χ1v) is 10.4. The number of aliphatic hydroxyl groups excluding tert-OH is 1. The summed E-state index contributed by atoms with van der Waals surface area (Å²) in [6.07, 6.45) is 0.465. The number of hydrogen-bond donors (Lipinski definition) is 3. The molecule has 4 N–H and O–H groups in total. The Morgan fingerprint density at radius 2 is 2.09 bits per heavy atom. The zero-order chi connectivity index (χ0) is 24.2. The minimum absolute atomic E-state index is 0.122. The number of aliphatic hydroxyl groups is 1. The number of nitrogens with two attached hydrogens (primary N) is 1. The van der Waals surface area contributed by atoms with Gasteiger partial charge in [0.25, 0.3) is 12.4 Å². The maximum Gasteiger partial charge on any atom is 0.290 e. The number of aromatic nitrogens is 2. The summed E-state index contributed by atoms with van der Waals surface area (Å²) in [7, 11) is 3.21. The van der Waals surface area contributed by atoms with Crippen molar-refractivity contribution in [1.82, 2.24) is 14.9 Å². The molecule has 2 aromatic rings. The smallest absolute Gasteiger partial charge is 0.290 e. The van der Waals surface area contributed by atoms with E-state index in [0.717, 1.165) is 11.8 Å². The molecular formula is C22H28FN5O5. The van der Waals surface area contributed by atoms with E-state index in [0.29, 0.717) is 25.6 Å². The molecular weight excluding hydrogens is 433 g/mol. The largest absolute Gasteiger partial charge is 0.483 e. The number of carboxylic acid groups (broad SMARTS) is 1. The summed E-state index contributed by atoms with van der Waals surface area (Å²) in [5, 5.41) is 18.0. The lowest BCUT2D eigenvalue weighted by Gasteiger charge is -2.19. The van der Waals surface area contributed by atoms with Gasteiger partial charge in [-0.15, -0.1) is 0 Å². The Kier molecular flexibility index (Phi) is 7.44. The van der Waals surface area contributed by atoms with Crippen LogP contribution in [0.3, 0.4) is 0 Å². The van der Waals surface area contributed by atoms with Crippen LogP contribution < -0.4 is 15.4 Å². The third-order valence-corrected chi connectivity index (χ3v) is 6.31. The number of carbonyl (C=O) groups excluding carboxylic acids is 1. The summed E-state index contributed by atoms with van der Waals surface area (Å²) in [5.41, 5.74) is 6.09. The van der Waals surface area contributed by atoms with Crippen LogP contribution in [0.1, 0.15) is 11.5 Å². The van der Waals surface area contributed by atoms with Gasteiger partial charge in [0.1, 0.15) is 0 Å². The summed E-state index contributed by atoms with van der Waals surface area (Å²) in [4.78, 5) is 31.7. The van der Waals surface area contributed by atoms with Crippen molar-refractivity contribution in [2.24, 2.45) is 17.1 Å². The Balaban J connectivity index is 0.000000968. The van der Waals surface area contributed by atoms with E-state index in [4.69, 9.17) is 20.4 Å². The van der Waals surface area contributed by atoms with Gasteiger partial charge in [0.15, 0.2) is 0 Å². The van der Waals surface area contributed by atoms with E-state index < -0.39 is 17.3 Å². The van der Waals surface area contributed by atoms with Gasteiger partial charge in [0.05, 0.1) is 26.0 Å². The molecule has 0 radical (unpaired) electrons. The number of rotatable bonds is 7. The van der Waals surface area contributed by atoms with Crippen LogP contribution >= 0.6 is 0 Å². The fourth-order valence-corrected chi connectivity index (χ4v) is 5.03. The summed E-state index contributed by atoms with van der Waals surface area (Å²) in [5.74, 6) is -0.558. The molecule has 1 aliphatic carbocycles. The topological polar surface area (TPSA) is 142 Å². The van der Waals surface area contributed by atoms with Crippen molar-refractivity contribution in [2.75, 3.05) is 45.2 Å². The first kappa shape index (κ1) is 24.3. The summed E-state index contributed by atoms with van der Waals surface area (Å²) < 4.78 is 18.7. The first-order valence-electron chi connectivity index (χ1n) is 10.4. The predicted molar refractivity (Wildman–Crippen MR) is 117 cm³/mol. The van der Waals surface area contributed by atoms with Gasteiger partial charge in [0.2, 0.25) is 17.7 Å². The quantitative estimate of drug-likeness (QED) is 0.497. The minimum atomic E-state index is -0.629. The van der Waals surface area contributed by atoms with Crippen molar-refractivity contribution in [3.05, 3.63) is 47.9 Å². The summed E-state index contributed by atoms with van der Waals surface area (Å²) in [6.45, 7) is 1.40. The van der Waals surface area contributed by atoms with Crippen molar-refractivity contribution in [3.63, 3.8) is 0 Å². The number of ether oxygens (including phenoxy) is 1. The molecule has 1 saturated heterocycles. The van der Waals surface area contributed by atoms with Crippen LogP contribution in [0.25, 0.3) is 0 Å². The number of β-amino-alcohol motifs (C(OH)–C–C–N with tert-alkyl or cyclic N) is 1. The number of likely N-dealkylation sites (N-methyl/N-ethyl adjacent to an activating group) is 1. The van der Waals surface area contributed by atoms with Crippen molar-refractivity contribution in [3.8, 4) is 5.88 Å². The standard InChI is InChI=1S/C21H26FN5O3.CH2O2/c1-26(11-17(23)29)9-14-18(13-6-4-3-5-7-13)21(14)12-27(10-16(21)28)20-24-8-15(22)19(25-20)30-2;2-1-3/h3-8,14,16,18,28H,9-12H2,1-2H3,(H2,23,29);1H,(H,2,3)/t14-,16-,18-,21-;/m1./s1. The van der Waals surface area contributed by atoms with E-state index in [-0.39, 0.29) is 36.6 Å². The fourth-order valence-electron chi connectivity index (χ4n) is 5.03. The molecule has 1 aromatic heterocycles. The molecule has 2 aliphatic rings. The highest BCUT2D eigenvalue weighted by Crippen LogP contribution is 2.69. The van der Waals surface area contributed by atoms with Gasteiger partial charge in [0, 0.05) is 25.0 Å². The van der Waals surface area contributed by atoms with Gasteiger partial charge in [-0.2, -0.15) is 9.37 Å². The van der Waals surface area contributed by atoms with Crippen LogP contribution in [0.15, 0.2) is 36.5 Å². The number of methoxy groups -OCH3 is 1. The molecule has 4 rings (SSSR count). The Labute approximate surface area is 190 Å². The Morgan fingerprint density at radius 1 is 1.42 bits per heavy atom. The second-order valence-corrected chi connectivity index (χ2v) is 8.30. The van der Waals surface area contributed by atoms with Gasteiger partial charge >= 0.3 is 0 Å². The minimum Gasteiger partial charge on any atom is -0.483 e. The summed E-state index contributed by atoms with van der Waals surface area (Å²) in [6, 6.07) is 10.1. The number of anilines is 1. The molecule has 11 heteroatoms. The second kappa shape index (κ2) is 10.1. The van der Waals surface area contributed by atoms with E-state index >= 15 is 0 Å². The number of nitrogens with zero attached hydrogens (tertiary/aromatic N) is 4. The van der Waals surface area contributed by atoms with Crippen molar-refractivity contribution >= 4 is 18.3 Å². The van der Waals surface area contributed by atoms with Crippen LogP contribution in [-0.4, -0.2) is 83.9 Å². The molecule has 0 unspecified atom stereocenters. The normalized spacial score (nSPS) is 25.5. The number of carbonyl (C=O) groups is 2. The summed E-state index contributed by atoms with van der Waals surface area (Å²) >= 11 is 0. The van der Waals surface area contributed by atoms with Crippen molar-refractivity contribution in [2.45, 2.75) is 12.0 Å². The zero-order valence-electron chi connectivity index (χ0n) is 18.5. The molecule has 4 atom stereocenters. The molecule has 10 nitrogen and oxygen atoms in total. The number of hydrogen-bond acceptors (Lipinski definition) is 8. The predicted octanol–water partition coefficient (Wildman–Crippen LogP) is 0.323. The van der Waals surface area contributed by atoms with E-state index in [1.165, 1.54) is 7.11 Å². The molecule has 33 heavy (non-hydrogen) atoms. The molecule has 2 fully saturated rings. The van der Waals surface area contributed by atoms with E-state index in [9.17, 15) is 14.3 Å². The van der Waals surface area contributed by atoms with Crippen molar-refractivity contribution < 1.29 is 28.9 Å². The van der Waals surface area contributed by atoms with E-state index in [1.807, 2.05) is 35.0 Å². The first-order chi connectivity index (χ1) is 15.8. The van der Waals surface area contributed by atoms with Gasteiger partial charge in [-0.05, 0) is 24.4 Å². The Morgan fingerprint density at radius 3 is 2.70 bits per heavy atom. The van der Waals surface area contributed by atoms with Crippen LogP contribution in [-0.2, 0) is 9.59 Å². The third-order valence-electron chi connectivity index (χ3n) is 6.31. The van der Waals surface area contributed by atoms with Crippen LogP contribution in [0.5, 0.6) is 5.88 Å². The number of halogens is 1. The molecule has 1 aromatic carbocycles. The van der Waals surface area contributed by atoms with Crippen LogP contribution in [0.2, 0.25) is 0 Å². The van der Waals surface area contributed by atoms with E-state index in [1.54, 1.807) is 0 Å². The molecule has 2 heterocycles. The highest BCUT2D eigenvalue weighted by atomic mass is 19.1. The highest BCUT2D eigenvalue weighted by molar-refractivity contribution is 5.75. The lowest BCUT2D eigenvalue weighted by Crippen LogP contribution is -2.34. The molecule has 0 bridgehead atoms. The van der Waals surface area contributed by atoms with Gasteiger partial charge in [-0.25, -0.2) is 4.98 Å². The third kappa shape index (κ3) is 4.88. The van der Waals surface area contributed by atoms with E-state index in [2.05, 4.69) is 22.1 Å². The molecule has 1 aliphatic heterocycles. The second-order valence-electron chi connectivity index (χ2n) is 8.30. The molecule has 1 amide bonds. The average Bonchev–Trinajstić information content (AvgIpc) is 3.26. The maximum atomic E-state index is 13.7. The molecule has 178 valence electrons. The van der Waals surface area contributed by atoms with Crippen LogP contribution in [0.4, 0.5) is 10.3 Å². The Hall–Kier alpha value is -3.31. The number of primary amides is 1. The van der Waals surface area contributed by atoms with Gasteiger partial charge in [-0.3, -0.25) is 14.5 Å². The Bertz CT molecular complexity index is 981. The number of amides is 1. The van der Waals surface area contributed by atoms with Crippen LogP contribution in [0, 0.1) is 17.2 Å².